The van der Waals surface area contributed by atoms with Crippen LogP contribution >= 0.6 is 0 Å². The van der Waals surface area contributed by atoms with Crippen molar-refractivity contribution in [3.63, 3.8) is 0 Å². The van der Waals surface area contributed by atoms with Crippen LogP contribution in [-0.4, -0.2) is 65.5 Å². The standard InChI is InChI=1S/C19H21N3O3/c1-25-11-10-21-16-8-9-22(17(16)12-18(21)23)19(24)15-7-6-13-4-2-3-5-14(13)20-15/h2-7,16-17H,8-12H2,1H3/t16-,17-/m1/s1. The number of para-hydroxylation sites is 1. The van der Waals surface area contributed by atoms with Crippen LogP contribution < -0.4 is 0 Å². The molecule has 2 fully saturated rings. The summed E-state index contributed by atoms with van der Waals surface area (Å²) in [6, 6.07) is 11.5. The van der Waals surface area contributed by atoms with Crippen molar-refractivity contribution in [2.75, 3.05) is 26.8 Å². The van der Waals surface area contributed by atoms with Crippen molar-refractivity contribution in [1.82, 2.24) is 14.8 Å². The van der Waals surface area contributed by atoms with Gasteiger partial charge in [-0.2, -0.15) is 0 Å². The predicted molar refractivity (Wildman–Crippen MR) is 93.2 cm³/mol. The molecular formula is C19H21N3O3. The molecule has 0 spiro atoms. The van der Waals surface area contributed by atoms with Crippen molar-refractivity contribution in [2.45, 2.75) is 24.9 Å². The first-order valence-corrected chi connectivity index (χ1v) is 8.64. The van der Waals surface area contributed by atoms with Crippen LogP contribution in [0.3, 0.4) is 0 Å². The van der Waals surface area contributed by atoms with Gasteiger partial charge in [-0.05, 0) is 18.6 Å². The van der Waals surface area contributed by atoms with Crippen molar-refractivity contribution >= 4 is 22.7 Å². The van der Waals surface area contributed by atoms with Crippen LogP contribution in [0.4, 0.5) is 0 Å². The summed E-state index contributed by atoms with van der Waals surface area (Å²) in [6.45, 7) is 1.78. The number of nitrogens with zero attached hydrogens (tertiary/aromatic N) is 3. The molecule has 0 saturated carbocycles. The summed E-state index contributed by atoms with van der Waals surface area (Å²) in [6.07, 6.45) is 1.22. The summed E-state index contributed by atoms with van der Waals surface area (Å²) in [5.74, 6) is 0.0238. The van der Waals surface area contributed by atoms with Gasteiger partial charge in [0, 0.05) is 32.0 Å². The molecular weight excluding hydrogens is 318 g/mol. The molecule has 2 aliphatic rings. The number of ether oxygens (including phenoxy) is 1. The Balaban J connectivity index is 1.55. The molecule has 2 atom stereocenters. The number of amides is 2. The second kappa shape index (κ2) is 6.44. The van der Waals surface area contributed by atoms with Crippen LogP contribution in [0, 0.1) is 0 Å². The minimum Gasteiger partial charge on any atom is -0.383 e. The molecule has 3 heterocycles. The monoisotopic (exact) mass is 339 g/mol. The highest BCUT2D eigenvalue weighted by Crippen LogP contribution is 2.33. The maximum absolute atomic E-state index is 13.0. The quantitative estimate of drug-likeness (QED) is 0.850. The number of methoxy groups -OCH3 is 1. The second-order valence-corrected chi connectivity index (χ2v) is 6.60. The van der Waals surface area contributed by atoms with Gasteiger partial charge >= 0.3 is 0 Å². The largest absolute Gasteiger partial charge is 0.383 e. The van der Waals surface area contributed by atoms with Gasteiger partial charge in [-0.25, -0.2) is 4.98 Å². The summed E-state index contributed by atoms with van der Waals surface area (Å²) >= 11 is 0. The number of hydrogen-bond donors (Lipinski definition) is 0. The van der Waals surface area contributed by atoms with Crippen molar-refractivity contribution in [1.29, 1.82) is 0 Å². The number of benzene rings is 1. The molecule has 6 heteroatoms. The third kappa shape index (κ3) is 2.76. The normalized spacial score (nSPS) is 22.7. The maximum atomic E-state index is 13.0. The van der Waals surface area contributed by atoms with Gasteiger partial charge in [-0.1, -0.05) is 24.3 Å². The van der Waals surface area contributed by atoms with Crippen LogP contribution in [-0.2, 0) is 9.53 Å². The fourth-order valence-electron chi connectivity index (χ4n) is 3.99. The van der Waals surface area contributed by atoms with Gasteiger partial charge in [0.25, 0.3) is 5.91 Å². The molecule has 2 aliphatic heterocycles. The minimum atomic E-state index is -0.0837. The molecule has 0 N–H and O–H groups in total. The first-order chi connectivity index (χ1) is 12.2. The summed E-state index contributed by atoms with van der Waals surface area (Å²) in [5, 5.41) is 1.01. The lowest BCUT2D eigenvalue weighted by Crippen LogP contribution is -2.41. The van der Waals surface area contributed by atoms with Crippen LogP contribution in [0.15, 0.2) is 36.4 Å². The zero-order chi connectivity index (χ0) is 17.4. The number of carbonyl (C=O) groups is 2. The Morgan fingerprint density at radius 2 is 2.08 bits per heavy atom. The summed E-state index contributed by atoms with van der Waals surface area (Å²) < 4.78 is 5.10. The molecule has 0 unspecified atom stereocenters. The van der Waals surface area contributed by atoms with Crippen molar-refractivity contribution in [2.24, 2.45) is 0 Å². The van der Waals surface area contributed by atoms with Gasteiger partial charge in [-0.3, -0.25) is 9.59 Å². The lowest BCUT2D eigenvalue weighted by Gasteiger charge is -2.25. The first kappa shape index (κ1) is 16.0. The van der Waals surface area contributed by atoms with Gasteiger partial charge < -0.3 is 14.5 Å². The van der Waals surface area contributed by atoms with E-state index in [9.17, 15) is 9.59 Å². The average Bonchev–Trinajstić information content (AvgIpc) is 3.17. The van der Waals surface area contributed by atoms with Crippen LogP contribution in [0.25, 0.3) is 10.9 Å². The van der Waals surface area contributed by atoms with Gasteiger partial charge in [0.2, 0.25) is 5.91 Å². The molecule has 2 amide bonds. The Labute approximate surface area is 146 Å². The number of pyridine rings is 1. The Hall–Kier alpha value is -2.47. The third-order valence-electron chi connectivity index (χ3n) is 5.23. The number of fused-ring (bicyclic) bond motifs is 2. The number of carbonyl (C=O) groups excluding carboxylic acids is 2. The zero-order valence-corrected chi connectivity index (χ0v) is 14.2. The molecule has 2 aromatic rings. The first-order valence-electron chi connectivity index (χ1n) is 8.64. The van der Waals surface area contributed by atoms with E-state index < -0.39 is 0 Å². The van der Waals surface area contributed by atoms with Crippen LogP contribution in [0.5, 0.6) is 0 Å². The second-order valence-electron chi connectivity index (χ2n) is 6.60. The highest BCUT2D eigenvalue weighted by Gasteiger charge is 2.48. The Morgan fingerprint density at radius 1 is 1.24 bits per heavy atom. The van der Waals surface area contributed by atoms with Crippen LogP contribution in [0.1, 0.15) is 23.3 Å². The van der Waals surface area contributed by atoms with E-state index >= 15 is 0 Å². The number of hydrogen-bond acceptors (Lipinski definition) is 4. The highest BCUT2D eigenvalue weighted by molar-refractivity contribution is 5.96. The van der Waals surface area contributed by atoms with Crippen molar-refractivity contribution in [3.05, 3.63) is 42.1 Å². The number of rotatable bonds is 4. The lowest BCUT2D eigenvalue weighted by atomic mass is 10.1. The highest BCUT2D eigenvalue weighted by atomic mass is 16.5. The molecule has 1 aromatic carbocycles. The van der Waals surface area contributed by atoms with Gasteiger partial charge in [0.05, 0.1) is 24.2 Å². The van der Waals surface area contributed by atoms with Crippen LogP contribution in [0.2, 0.25) is 0 Å². The summed E-state index contributed by atoms with van der Waals surface area (Å²) in [7, 11) is 1.63. The summed E-state index contributed by atoms with van der Waals surface area (Å²) in [5.41, 5.74) is 1.26. The Morgan fingerprint density at radius 3 is 2.92 bits per heavy atom. The zero-order valence-electron chi connectivity index (χ0n) is 14.2. The van der Waals surface area contributed by atoms with E-state index in [1.807, 2.05) is 40.1 Å². The predicted octanol–water partition coefficient (Wildman–Crippen LogP) is 1.70. The maximum Gasteiger partial charge on any atom is 0.272 e. The van der Waals surface area contributed by atoms with Crippen molar-refractivity contribution in [3.8, 4) is 0 Å². The molecule has 25 heavy (non-hydrogen) atoms. The third-order valence-corrected chi connectivity index (χ3v) is 5.23. The Bertz CT molecular complexity index is 822. The Kier molecular flexibility index (Phi) is 4.13. The minimum absolute atomic E-state index is 0.0508. The SMILES string of the molecule is COCCN1C(=O)C[C@@H]2[C@H]1CCN2C(=O)c1ccc2ccccc2n1. The molecule has 0 radical (unpaired) electrons. The number of aromatic nitrogens is 1. The van der Waals surface area contributed by atoms with Gasteiger partial charge in [0.1, 0.15) is 5.69 Å². The van der Waals surface area contributed by atoms with E-state index in [0.29, 0.717) is 31.8 Å². The molecule has 4 rings (SSSR count). The fourth-order valence-corrected chi connectivity index (χ4v) is 3.99. The van der Waals surface area contributed by atoms with E-state index in [4.69, 9.17) is 4.74 Å². The van der Waals surface area contributed by atoms with E-state index in [-0.39, 0.29) is 23.9 Å². The fraction of sp³-hybridized carbons (Fsp3) is 0.421. The molecule has 0 aliphatic carbocycles. The molecule has 0 bridgehead atoms. The molecule has 130 valence electrons. The van der Waals surface area contributed by atoms with Gasteiger partial charge in [-0.15, -0.1) is 0 Å². The molecule has 2 saturated heterocycles. The van der Waals surface area contributed by atoms with E-state index in [1.54, 1.807) is 13.2 Å². The van der Waals surface area contributed by atoms with E-state index in [2.05, 4.69) is 4.98 Å². The molecule has 6 nitrogen and oxygen atoms in total. The average molecular weight is 339 g/mol. The van der Waals surface area contributed by atoms with Gasteiger partial charge in [0.15, 0.2) is 0 Å². The topological polar surface area (TPSA) is 62.7 Å². The summed E-state index contributed by atoms with van der Waals surface area (Å²) in [4.78, 5) is 33.5. The van der Waals surface area contributed by atoms with E-state index in [1.165, 1.54) is 0 Å². The molecule has 1 aromatic heterocycles. The lowest BCUT2D eigenvalue weighted by molar-refractivity contribution is -0.129. The van der Waals surface area contributed by atoms with E-state index in [0.717, 1.165) is 17.3 Å². The smallest absolute Gasteiger partial charge is 0.272 e. The van der Waals surface area contributed by atoms with Crippen molar-refractivity contribution < 1.29 is 14.3 Å². The number of likely N-dealkylation sites (tertiary alicyclic amines) is 2.